The Labute approximate surface area is 175 Å². The second kappa shape index (κ2) is 10.1. The molecule has 0 radical (unpaired) electrons. The number of ether oxygens (including phenoxy) is 2. The van der Waals surface area contributed by atoms with Gasteiger partial charge in [0.25, 0.3) is 0 Å². The minimum atomic E-state index is -0.222. The third-order valence-corrected chi connectivity index (χ3v) is 5.43. The number of nitrogens with zero attached hydrogens (tertiary/aromatic N) is 1. The van der Waals surface area contributed by atoms with Crippen LogP contribution in [0.25, 0.3) is 0 Å². The zero-order valence-corrected chi connectivity index (χ0v) is 17.7. The van der Waals surface area contributed by atoms with Crippen molar-refractivity contribution in [2.45, 2.75) is 26.1 Å². The smallest absolute Gasteiger partial charge is 0.234 e. The van der Waals surface area contributed by atoms with Gasteiger partial charge in [0, 0.05) is 17.0 Å². The molecule has 0 fully saturated rings. The number of carbonyl (C=O) groups is 1. The summed E-state index contributed by atoms with van der Waals surface area (Å²) in [6, 6.07) is 13.2. The maximum absolute atomic E-state index is 12.8. The first kappa shape index (κ1) is 21.0. The number of amides is 1. The fourth-order valence-electron chi connectivity index (χ4n) is 3.16. The highest BCUT2D eigenvalue weighted by molar-refractivity contribution is 7.09. The van der Waals surface area contributed by atoms with Crippen LogP contribution in [-0.4, -0.2) is 31.6 Å². The number of methoxy groups -OCH3 is 2. The molecule has 2 heterocycles. The van der Waals surface area contributed by atoms with E-state index in [1.807, 2.05) is 48.7 Å². The maximum atomic E-state index is 12.8. The van der Waals surface area contributed by atoms with Crippen molar-refractivity contribution in [3.8, 4) is 11.5 Å². The van der Waals surface area contributed by atoms with Crippen molar-refractivity contribution in [3.63, 3.8) is 0 Å². The average molecular weight is 415 g/mol. The van der Waals surface area contributed by atoms with E-state index in [-0.39, 0.29) is 18.5 Å². The van der Waals surface area contributed by atoms with E-state index in [9.17, 15) is 4.79 Å². The molecule has 1 atom stereocenters. The number of nitrogens with one attached hydrogen (secondary N) is 1. The van der Waals surface area contributed by atoms with Crippen LogP contribution in [0.4, 0.5) is 0 Å². The van der Waals surface area contributed by atoms with Crippen LogP contribution in [0.5, 0.6) is 11.5 Å². The van der Waals surface area contributed by atoms with Gasteiger partial charge in [-0.1, -0.05) is 6.07 Å². The lowest BCUT2D eigenvalue weighted by Gasteiger charge is -2.23. The van der Waals surface area contributed by atoms with Crippen LogP contribution in [-0.2, 0) is 17.9 Å². The molecule has 0 unspecified atom stereocenters. The van der Waals surface area contributed by atoms with Crippen LogP contribution in [0, 0.1) is 0 Å². The summed E-state index contributed by atoms with van der Waals surface area (Å²) < 4.78 is 16.2. The van der Waals surface area contributed by atoms with Gasteiger partial charge < -0.3 is 19.2 Å². The molecule has 1 aromatic carbocycles. The molecule has 1 N–H and O–H groups in total. The largest absolute Gasteiger partial charge is 0.497 e. The molecular weight excluding hydrogens is 388 g/mol. The molecule has 0 aliphatic heterocycles. The zero-order chi connectivity index (χ0) is 20.6. The Morgan fingerprint density at radius 2 is 2.03 bits per heavy atom. The van der Waals surface area contributed by atoms with Gasteiger partial charge in [0.15, 0.2) is 0 Å². The quantitative estimate of drug-likeness (QED) is 0.538. The molecule has 29 heavy (non-hydrogen) atoms. The summed E-state index contributed by atoms with van der Waals surface area (Å²) in [6.45, 7) is 3.44. The second-order valence-corrected chi connectivity index (χ2v) is 7.73. The first-order chi connectivity index (χ1) is 14.1. The summed E-state index contributed by atoms with van der Waals surface area (Å²) in [5, 5.41) is 5.11. The van der Waals surface area contributed by atoms with Crippen LogP contribution in [0.15, 0.2) is 58.5 Å². The van der Waals surface area contributed by atoms with E-state index in [1.165, 1.54) is 4.88 Å². The van der Waals surface area contributed by atoms with E-state index in [1.54, 1.807) is 31.8 Å². The number of rotatable bonds is 10. The molecule has 0 aliphatic rings. The lowest BCUT2D eigenvalue weighted by Crippen LogP contribution is -2.37. The van der Waals surface area contributed by atoms with Crippen LogP contribution in [0.3, 0.4) is 0 Å². The third-order valence-electron chi connectivity index (χ3n) is 4.57. The van der Waals surface area contributed by atoms with Crippen molar-refractivity contribution in [1.82, 2.24) is 10.2 Å². The van der Waals surface area contributed by atoms with Crippen molar-refractivity contribution in [2.75, 3.05) is 20.8 Å². The van der Waals surface area contributed by atoms with Gasteiger partial charge >= 0.3 is 0 Å². The molecule has 7 heteroatoms. The van der Waals surface area contributed by atoms with E-state index in [0.717, 1.165) is 17.1 Å². The molecule has 0 aliphatic carbocycles. The summed E-state index contributed by atoms with van der Waals surface area (Å²) in [5.41, 5.74) is 0.871. The molecule has 154 valence electrons. The van der Waals surface area contributed by atoms with E-state index in [4.69, 9.17) is 13.9 Å². The van der Waals surface area contributed by atoms with Gasteiger partial charge in [0.2, 0.25) is 5.91 Å². The fraction of sp³-hybridized carbons (Fsp3) is 0.318. The molecule has 6 nitrogen and oxygen atoms in total. The SMILES string of the molecule is COc1ccc(OC)c([C@H](C)NC(=O)CN(Cc2ccco2)Cc2cccs2)c1. The van der Waals surface area contributed by atoms with E-state index in [2.05, 4.69) is 16.3 Å². The number of hydrogen-bond donors (Lipinski definition) is 1. The highest BCUT2D eigenvalue weighted by Gasteiger charge is 2.18. The average Bonchev–Trinajstić information content (AvgIpc) is 3.41. The lowest BCUT2D eigenvalue weighted by molar-refractivity contribution is -0.123. The molecule has 3 aromatic rings. The van der Waals surface area contributed by atoms with Crippen molar-refractivity contribution in [3.05, 3.63) is 70.3 Å². The Balaban J connectivity index is 1.67. The van der Waals surface area contributed by atoms with E-state index >= 15 is 0 Å². The number of carbonyl (C=O) groups excluding carboxylic acids is 1. The first-order valence-electron chi connectivity index (χ1n) is 9.37. The molecular formula is C22H26N2O4S. The third kappa shape index (κ3) is 5.85. The Bertz CT molecular complexity index is 857. The van der Waals surface area contributed by atoms with Crippen LogP contribution in [0.2, 0.25) is 0 Å². The van der Waals surface area contributed by atoms with Crippen LogP contribution >= 0.6 is 11.3 Å². The standard InChI is InChI=1S/C22H26N2O4S/c1-16(20-12-17(26-2)8-9-21(20)27-3)23-22(25)15-24(13-18-6-4-10-28-18)14-19-7-5-11-29-19/h4-12,16H,13-15H2,1-3H3,(H,23,25)/t16-/m0/s1. The molecule has 0 saturated heterocycles. The van der Waals surface area contributed by atoms with Gasteiger partial charge in [0.05, 0.1) is 39.6 Å². The Hall–Kier alpha value is -2.77. The summed E-state index contributed by atoms with van der Waals surface area (Å²) >= 11 is 1.68. The number of hydrogen-bond acceptors (Lipinski definition) is 6. The predicted octanol–water partition coefficient (Wildman–Crippen LogP) is 4.24. The molecule has 0 bridgehead atoms. The molecule has 2 aromatic heterocycles. The minimum absolute atomic E-state index is 0.0644. The highest BCUT2D eigenvalue weighted by Crippen LogP contribution is 2.29. The monoisotopic (exact) mass is 414 g/mol. The molecule has 3 rings (SSSR count). The summed E-state index contributed by atoms with van der Waals surface area (Å²) in [5.74, 6) is 2.20. The van der Waals surface area contributed by atoms with Gasteiger partial charge in [-0.05, 0) is 48.7 Å². The van der Waals surface area contributed by atoms with Gasteiger partial charge in [-0.15, -0.1) is 11.3 Å². The van der Waals surface area contributed by atoms with Gasteiger partial charge in [-0.25, -0.2) is 0 Å². The normalized spacial score (nSPS) is 12.0. The van der Waals surface area contributed by atoms with Crippen LogP contribution < -0.4 is 14.8 Å². The van der Waals surface area contributed by atoms with Crippen molar-refractivity contribution in [1.29, 1.82) is 0 Å². The van der Waals surface area contributed by atoms with E-state index < -0.39 is 0 Å². The number of furan rings is 1. The summed E-state index contributed by atoms with van der Waals surface area (Å²) in [6.07, 6.45) is 1.65. The van der Waals surface area contributed by atoms with Gasteiger partial charge in [0.1, 0.15) is 17.3 Å². The maximum Gasteiger partial charge on any atom is 0.234 e. The molecule has 1 amide bonds. The Morgan fingerprint density at radius 1 is 1.17 bits per heavy atom. The van der Waals surface area contributed by atoms with Crippen molar-refractivity contribution < 1.29 is 18.7 Å². The van der Waals surface area contributed by atoms with Crippen molar-refractivity contribution in [2.24, 2.45) is 0 Å². The number of thiophene rings is 1. The van der Waals surface area contributed by atoms with Gasteiger partial charge in [-0.2, -0.15) is 0 Å². The van der Waals surface area contributed by atoms with Crippen molar-refractivity contribution >= 4 is 17.2 Å². The van der Waals surface area contributed by atoms with Crippen LogP contribution in [0.1, 0.15) is 29.2 Å². The molecule has 0 saturated carbocycles. The summed E-state index contributed by atoms with van der Waals surface area (Å²) in [4.78, 5) is 16.1. The fourth-order valence-corrected chi connectivity index (χ4v) is 3.91. The number of benzene rings is 1. The topological polar surface area (TPSA) is 63.9 Å². The molecule has 0 spiro atoms. The zero-order valence-electron chi connectivity index (χ0n) is 16.9. The van der Waals surface area contributed by atoms with Gasteiger partial charge in [-0.3, -0.25) is 9.69 Å². The highest BCUT2D eigenvalue weighted by atomic mass is 32.1. The minimum Gasteiger partial charge on any atom is -0.497 e. The predicted molar refractivity (Wildman–Crippen MR) is 113 cm³/mol. The Kier molecular flexibility index (Phi) is 7.32. The second-order valence-electron chi connectivity index (χ2n) is 6.70. The first-order valence-corrected chi connectivity index (χ1v) is 10.3. The summed E-state index contributed by atoms with van der Waals surface area (Å²) in [7, 11) is 3.23. The lowest BCUT2D eigenvalue weighted by atomic mass is 10.1. The Morgan fingerprint density at radius 3 is 2.69 bits per heavy atom. The van der Waals surface area contributed by atoms with E-state index in [0.29, 0.717) is 18.8 Å².